The van der Waals surface area contributed by atoms with E-state index in [0.717, 1.165) is 12.1 Å². The summed E-state index contributed by atoms with van der Waals surface area (Å²) in [5.41, 5.74) is 0.527. The van der Waals surface area contributed by atoms with Crippen LogP contribution in [0.2, 0.25) is 0 Å². The Bertz CT molecular complexity index is 921. The number of phenols is 1. The summed E-state index contributed by atoms with van der Waals surface area (Å²) in [4.78, 5) is 14.3. The van der Waals surface area contributed by atoms with Crippen molar-refractivity contribution in [1.82, 2.24) is 4.98 Å². The van der Waals surface area contributed by atoms with E-state index in [1.807, 2.05) is 0 Å². The number of halogens is 3. The Balaban J connectivity index is 2.41. The third-order valence-electron chi connectivity index (χ3n) is 3.19. The smallest absolute Gasteiger partial charge is 0.255 e. The van der Waals surface area contributed by atoms with E-state index < -0.39 is 11.6 Å². The van der Waals surface area contributed by atoms with E-state index in [-0.39, 0.29) is 11.3 Å². The van der Waals surface area contributed by atoms with Crippen molar-refractivity contribution >= 4 is 26.7 Å². The summed E-state index contributed by atoms with van der Waals surface area (Å²) >= 11 is 3.18. The Morgan fingerprint density at radius 2 is 1.71 bits per heavy atom. The molecule has 0 aliphatic rings. The SMILES string of the molecule is O=c1[nH]cc(-c2cc(F)c(F)cc2Br)c2cc(O)ccc12. The first-order valence-electron chi connectivity index (χ1n) is 5.96. The van der Waals surface area contributed by atoms with Crippen molar-refractivity contribution in [3.05, 3.63) is 63.0 Å². The molecule has 0 aliphatic heterocycles. The first-order chi connectivity index (χ1) is 9.97. The second kappa shape index (κ2) is 4.96. The van der Waals surface area contributed by atoms with Crippen LogP contribution >= 0.6 is 15.9 Å². The van der Waals surface area contributed by atoms with Crippen molar-refractivity contribution in [2.24, 2.45) is 0 Å². The average Bonchev–Trinajstić information content (AvgIpc) is 2.44. The van der Waals surface area contributed by atoms with Crippen molar-refractivity contribution in [3.8, 4) is 16.9 Å². The molecule has 2 N–H and O–H groups in total. The molecule has 1 heterocycles. The maximum Gasteiger partial charge on any atom is 0.255 e. The van der Waals surface area contributed by atoms with Gasteiger partial charge in [-0.05, 0) is 30.3 Å². The zero-order valence-corrected chi connectivity index (χ0v) is 12.0. The molecule has 0 saturated heterocycles. The molecule has 6 heteroatoms. The summed E-state index contributed by atoms with van der Waals surface area (Å²) in [6.45, 7) is 0. The minimum Gasteiger partial charge on any atom is -0.508 e. The Morgan fingerprint density at radius 1 is 1.00 bits per heavy atom. The summed E-state index contributed by atoms with van der Waals surface area (Å²) in [6, 6.07) is 6.33. The Hall–Kier alpha value is -2.21. The standard InChI is InChI=1S/C15H8BrF2NO2/c16-12-5-14(18)13(17)4-10(12)11-6-19-15(21)8-2-1-7(20)3-9(8)11/h1-6,20H,(H,19,21). The summed E-state index contributed by atoms with van der Waals surface area (Å²) < 4.78 is 27.0. The quantitative estimate of drug-likeness (QED) is 0.652. The number of benzene rings is 2. The number of nitrogens with one attached hydrogen (secondary N) is 1. The van der Waals surface area contributed by atoms with E-state index in [0.29, 0.717) is 26.4 Å². The maximum absolute atomic E-state index is 13.5. The minimum atomic E-state index is -0.993. The molecule has 0 fully saturated rings. The number of aromatic amines is 1. The van der Waals surface area contributed by atoms with E-state index in [9.17, 15) is 18.7 Å². The van der Waals surface area contributed by atoms with Crippen molar-refractivity contribution in [3.63, 3.8) is 0 Å². The van der Waals surface area contributed by atoms with Gasteiger partial charge in [-0.25, -0.2) is 8.78 Å². The van der Waals surface area contributed by atoms with Gasteiger partial charge in [0.1, 0.15) is 5.75 Å². The summed E-state index contributed by atoms with van der Waals surface area (Å²) in [5, 5.41) is 10.4. The number of aromatic hydroxyl groups is 1. The Labute approximate surface area is 126 Å². The lowest BCUT2D eigenvalue weighted by molar-refractivity contribution is 0.476. The zero-order valence-electron chi connectivity index (χ0n) is 10.5. The van der Waals surface area contributed by atoms with Crippen molar-refractivity contribution in [1.29, 1.82) is 0 Å². The first kappa shape index (κ1) is 13.8. The van der Waals surface area contributed by atoms with Gasteiger partial charge in [-0.1, -0.05) is 15.9 Å². The fourth-order valence-corrected chi connectivity index (χ4v) is 2.73. The van der Waals surface area contributed by atoms with Gasteiger partial charge in [0, 0.05) is 32.6 Å². The Kier molecular flexibility index (Phi) is 3.25. The number of pyridine rings is 1. The van der Waals surface area contributed by atoms with Gasteiger partial charge in [0.05, 0.1) is 0 Å². The molecule has 0 atom stereocenters. The molecule has 21 heavy (non-hydrogen) atoms. The van der Waals surface area contributed by atoms with Crippen LogP contribution in [0.3, 0.4) is 0 Å². The summed E-state index contributed by atoms with van der Waals surface area (Å²) in [6.07, 6.45) is 1.40. The molecule has 0 unspecified atom stereocenters. The molecule has 0 radical (unpaired) electrons. The van der Waals surface area contributed by atoms with E-state index >= 15 is 0 Å². The van der Waals surface area contributed by atoms with Crippen LogP contribution in [-0.2, 0) is 0 Å². The van der Waals surface area contributed by atoms with Crippen LogP contribution < -0.4 is 5.56 Å². The zero-order chi connectivity index (χ0) is 15.1. The van der Waals surface area contributed by atoms with Crippen LogP contribution in [0, 0.1) is 11.6 Å². The Morgan fingerprint density at radius 3 is 2.48 bits per heavy atom. The third-order valence-corrected chi connectivity index (χ3v) is 3.84. The van der Waals surface area contributed by atoms with Gasteiger partial charge in [0.2, 0.25) is 0 Å². The topological polar surface area (TPSA) is 53.1 Å². The lowest BCUT2D eigenvalue weighted by Gasteiger charge is -2.09. The van der Waals surface area contributed by atoms with Crippen LogP contribution in [0.5, 0.6) is 5.75 Å². The lowest BCUT2D eigenvalue weighted by atomic mass is 10.0. The van der Waals surface area contributed by atoms with Crippen LogP contribution in [0.25, 0.3) is 21.9 Å². The molecule has 0 bridgehead atoms. The molecular weight excluding hydrogens is 344 g/mol. The number of phenolic OH excluding ortho intramolecular Hbond substituents is 1. The maximum atomic E-state index is 13.5. The van der Waals surface area contributed by atoms with E-state index in [1.54, 1.807) is 0 Å². The molecule has 106 valence electrons. The van der Waals surface area contributed by atoms with E-state index in [2.05, 4.69) is 20.9 Å². The highest BCUT2D eigenvalue weighted by atomic mass is 79.9. The van der Waals surface area contributed by atoms with Gasteiger partial charge in [0.25, 0.3) is 5.56 Å². The first-order valence-corrected chi connectivity index (χ1v) is 6.76. The fourth-order valence-electron chi connectivity index (χ4n) is 2.20. The molecule has 0 saturated carbocycles. The van der Waals surface area contributed by atoms with Gasteiger partial charge in [-0.2, -0.15) is 0 Å². The van der Waals surface area contributed by atoms with Crippen LogP contribution in [0.15, 0.2) is 45.8 Å². The molecular formula is C15H8BrF2NO2. The molecule has 2 aromatic carbocycles. The van der Waals surface area contributed by atoms with Crippen molar-refractivity contribution < 1.29 is 13.9 Å². The van der Waals surface area contributed by atoms with Crippen LogP contribution in [0.4, 0.5) is 8.78 Å². The lowest BCUT2D eigenvalue weighted by Crippen LogP contribution is -2.06. The average molecular weight is 352 g/mol. The third kappa shape index (κ3) is 2.31. The van der Waals surface area contributed by atoms with Gasteiger partial charge in [0.15, 0.2) is 11.6 Å². The van der Waals surface area contributed by atoms with Crippen molar-refractivity contribution in [2.75, 3.05) is 0 Å². The molecule has 0 amide bonds. The monoisotopic (exact) mass is 351 g/mol. The largest absolute Gasteiger partial charge is 0.508 e. The number of hydrogen-bond acceptors (Lipinski definition) is 2. The highest BCUT2D eigenvalue weighted by molar-refractivity contribution is 9.10. The fraction of sp³-hybridized carbons (Fsp3) is 0. The highest BCUT2D eigenvalue weighted by Crippen LogP contribution is 2.34. The minimum absolute atomic E-state index is 0.0203. The highest BCUT2D eigenvalue weighted by Gasteiger charge is 2.14. The van der Waals surface area contributed by atoms with Crippen LogP contribution in [-0.4, -0.2) is 10.1 Å². The second-order valence-electron chi connectivity index (χ2n) is 4.51. The van der Waals surface area contributed by atoms with Gasteiger partial charge < -0.3 is 10.1 Å². The predicted octanol–water partition coefficient (Wildman–Crippen LogP) is 3.94. The summed E-state index contributed by atoms with van der Waals surface area (Å²) in [7, 11) is 0. The summed E-state index contributed by atoms with van der Waals surface area (Å²) in [5.74, 6) is -1.98. The predicted molar refractivity (Wildman–Crippen MR) is 79.3 cm³/mol. The second-order valence-corrected chi connectivity index (χ2v) is 5.36. The van der Waals surface area contributed by atoms with Gasteiger partial charge in [-0.15, -0.1) is 0 Å². The van der Waals surface area contributed by atoms with Crippen molar-refractivity contribution in [2.45, 2.75) is 0 Å². The molecule has 1 aromatic heterocycles. The number of hydrogen-bond donors (Lipinski definition) is 2. The molecule has 0 spiro atoms. The van der Waals surface area contributed by atoms with E-state index in [4.69, 9.17) is 0 Å². The van der Waals surface area contributed by atoms with Gasteiger partial charge in [-0.3, -0.25) is 4.79 Å². The molecule has 3 rings (SSSR count). The normalized spacial score (nSPS) is 11.0. The molecule has 3 nitrogen and oxygen atoms in total. The van der Waals surface area contributed by atoms with Gasteiger partial charge >= 0.3 is 0 Å². The van der Waals surface area contributed by atoms with Crippen LogP contribution in [0.1, 0.15) is 0 Å². The number of fused-ring (bicyclic) bond motifs is 1. The number of aromatic nitrogens is 1. The molecule has 0 aliphatic carbocycles. The van der Waals surface area contributed by atoms with E-state index in [1.165, 1.54) is 24.4 Å². The number of rotatable bonds is 1. The molecule has 3 aromatic rings. The number of H-pyrrole nitrogens is 1.